The number of anilines is 1. The highest BCUT2D eigenvalue weighted by molar-refractivity contribution is 5.63. The van der Waals surface area contributed by atoms with Crippen molar-refractivity contribution in [2.24, 2.45) is 0 Å². The van der Waals surface area contributed by atoms with Crippen LogP contribution in [-0.2, 0) is 0 Å². The Balaban J connectivity index is 1.91. The van der Waals surface area contributed by atoms with Crippen LogP contribution in [0.25, 0.3) is 11.3 Å². The summed E-state index contributed by atoms with van der Waals surface area (Å²) in [5.41, 5.74) is 7.46. The van der Waals surface area contributed by atoms with Crippen LogP contribution in [0.2, 0.25) is 0 Å². The molecule has 17 heavy (non-hydrogen) atoms. The lowest BCUT2D eigenvalue weighted by molar-refractivity contribution is 0.303. The summed E-state index contributed by atoms with van der Waals surface area (Å²) in [5, 5.41) is 0. The maximum atomic E-state index is 5.74. The van der Waals surface area contributed by atoms with E-state index in [1.807, 2.05) is 24.3 Å². The summed E-state index contributed by atoms with van der Waals surface area (Å²) in [7, 11) is 0. The number of hydrogen-bond donors (Lipinski definition) is 1. The summed E-state index contributed by atoms with van der Waals surface area (Å²) in [6.07, 6.45) is 4.19. The van der Waals surface area contributed by atoms with Gasteiger partial charge in [0.25, 0.3) is 0 Å². The number of ether oxygens (including phenoxy) is 1. The first kappa shape index (κ1) is 10.1. The van der Waals surface area contributed by atoms with E-state index in [0.717, 1.165) is 29.8 Å². The first-order valence-corrected chi connectivity index (χ1v) is 5.66. The molecule has 1 saturated carbocycles. The normalized spacial score (nSPS) is 14.6. The SMILES string of the molecule is Nc1cc(-c2cccc(OC3CC3)c2)ncn1. The van der Waals surface area contributed by atoms with Crippen LogP contribution in [-0.4, -0.2) is 16.1 Å². The molecule has 1 aromatic carbocycles. The Morgan fingerprint density at radius 1 is 1.18 bits per heavy atom. The lowest BCUT2D eigenvalue weighted by Crippen LogP contribution is -1.96. The van der Waals surface area contributed by atoms with Gasteiger partial charge in [-0.05, 0) is 25.0 Å². The molecule has 86 valence electrons. The van der Waals surface area contributed by atoms with Crippen LogP contribution < -0.4 is 10.5 Å². The van der Waals surface area contributed by atoms with Crippen molar-refractivity contribution in [3.05, 3.63) is 36.7 Å². The van der Waals surface area contributed by atoms with Crippen LogP contribution in [0, 0.1) is 0 Å². The fourth-order valence-electron chi connectivity index (χ4n) is 1.64. The van der Waals surface area contributed by atoms with Gasteiger partial charge in [-0.25, -0.2) is 9.97 Å². The third-order valence-electron chi connectivity index (χ3n) is 2.65. The van der Waals surface area contributed by atoms with Crippen LogP contribution in [0.1, 0.15) is 12.8 Å². The topological polar surface area (TPSA) is 61.0 Å². The highest BCUT2D eigenvalue weighted by Gasteiger charge is 2.23. The zero-order chi connectivity index (χ0) is 11.7. The minimum absolute atomic E-state index is 0.403. The van der Waals surface area contributed by atoms with Gasteiger partial charge < -0.3 is 10.5 Å². The largest absolute Gasteiger partial charge is 0.490 e. The molecule has 1 aliphatic rings. The molecule has 3 rings (SSSR count). The minimum atomic E-state index is 0.403. The molecular formula is C13H13N3O. The van der Waals surface area contributed by atoms with Gasteiger partial charge in [-0.1, -0.05) is 12.1 Å². The maximum absolute atomic E-state index is 5.74. The molecular weight excluding hydrogens is 214 g/mol. The Kier molecular flexibility index (Phi) is 2.40. The standard InChI is InChI=1S/C13H13N3O/c14-13-7-12(15-8-16-13)9-2-1-3-11(6-9)17-10-4-5-10/h1-3,6-8,10H,4-5H2,(H2,14,15,16). The minimum Gasteiger partial charge on any atom is -0.490 e. The van der Waals surface area contributed by atoms with Crippen LogP contribution in [0.5, 0.6) is 5.75 Å². The van der Waals surface area contributed by atoms with Crippen LogP contribution in [0.4, 0.5) is 5.82 Å². The van der Waals surface area contributed by atoms with Gasteiger partial charge in [0.15, 0.2) is 0 Å². The number of rotatable bonds is 3. The highest BCUT2D eigenvalue weighted by atomic mass is 16.5. The van der Waals surface area contributed by atoms with Crippen molar-refractivity contribution in [2.75, 3.05) is 5.73 Å². The van der Waals surface area contributed by atoms with Gasteiger partial charge in [0, 0.05) is 11.6 Å². The van der Waals surface area contributed by atoms with E-state index in [4.69, 9.17) is 10.5 Å². The number of benzene rings is 1. The molecule has 2 N–H and O–H groups in total. The first-order chi connectivity index (χ1) is 8.31. The monoisotopic (exact) mass is 227 g/mol. The Bertz CT molecular complexity index is 538. The molecule has 0 unspecified atom stereocenters. The summed E-state index contributed by atoms with van der Waals surface area (Å²) in [5.74, 6) is 1.37. The Morgan fingerprint density at radius 2 is 2.06 bits per heavy atom. The number of aromatic nitrogens is 2. The second-order valence-corrected chi connectivity index (χ2v) is 4.17. The molecule has 1 aliphatic carbocycles. The number of nitrogens with zero attached hydrogens (tertiary/aromatic N) is 2. The van der Waals surface area contributed by atoms with Gasteiger partial charge in [0.2, 0.25) is 0 Å². The van der Waals surface area contributed by atoms with E-state index < -0.39 is 0 Å². The fraction of sp³-hybridized carbons (Fsp3) is 0.231. The third kappa shape index (κ3) is 2.36. The molecule has 1 fully saturated rings. The van der Waals surface area contributed by atoms with Crippen molar-refractivity contribution in [3.8, 4) is 17.0 Å². The molecule has 0 atom stereocenters. The summed E-state index contributed by atoms with van der Waals surface area (Å²) in [6.45, 7) is 0. The van der Waals surface area contributed by atoms with Gasteiger partial charge in [0.05, 0.1) is 11.8 Å². The van der Waals surface area contributed by atoms with Crippen LogP contribution in [0.15, 0.2) is 36.7 Å². The summed E-state index contributed by atoms with van der Waals surface area (Å²) >= 11 is 0. The molecule has 0 spiro atoms. The highest BCUT2D eigenvalue weighted by Crippen LogP contribution is 2.29. The van der Waals surface area contributed by atoms with Crippen molar-refractivity contribution in [2.45, 2.75) is 18.9 Å². The molecule has 0 radical (unpaired) electrons. The van der Waals surface area contributed by atoms with Crippen molar-refractivity contribution in [1.29, 1.82) is 0 Å². The van der Waals surface area contributed by atoms with Crippen molar-refractivity contribution in [1.82, 2.24) is 9.97 Å². The Labute approximate surface area is 99.5 Å². The molecule has 1 heterocycles. The van der Waals surface area contributed by atoms with E-state index >= 15 is 0 Å². The van der Waals surface area contributed by atoms with Gasteiger partial charge >= 0.3 is 0 Å². The van der Waals surface area contributed by atoms with Crippen LogP contribution in [0.3, 0.4) is 0 Å². The number of hydrogen-bond acceptors (Lipinski definition) is 4. The molecule has 0 aliphatic heterocycles. The van der Waals surface area contributed by atoms with E-state index in [-0.39, 0.29) is 0 Å². The molecule has 2 aromatic rings. The Morgan fingerprint density at radius 3 is 2.82 bits per heavy atom. The predicted octanol–water partition coefficient (Wildman–Crippen LogP) is 2.27. The molecule has 0 bridgehead atoms. The number of nitrogen functional groups attached to an aromatic ring is 1. The average Bonchev–Trinajstić information content (AvgIpc) is 3.13. The molecule has 0 amide bonds. The average molecular weight is 227 g/mol. The van der Waals surface area contributed by atoms with E-state index in [0.29, 0.717) is 11.9 Å². The molecule has 4 nitrogen and oxygen atoms in total. The van der Waals surface area contributed by atoms with E-state index in [1.54, 1.807) is 6.07 Å². The zero-order valence-corrected chi connectivity index (χ0v) is 9.34. The smallest absolute Gasteiger partial charge is 0.127 e. The second-order valence-electron chi connectivity index (χ2n) is 4.17. The van der Waals surface area contributed by atoms with E-state index in [9.17, 15) is 0 Å². The van der Waals surface area contributed by atoms with Gasteiger partial charge in [0.1, 0.15) is 17.9 Å². The predicted molar refractivity (Wildman–Crippen MR) is 65.5 cm³/mol. The lowest BCUT2D eigenvalue weighted by atomic mass is 10.1. The van der Waals surface area contributed by atoms with Gasteiger partial charge in [-0.15, -0.1) is 0 Å². The maximum Gasteiger partial charge on any atom is 0.127 e. The number of nitrogens with two attached hydrogens (primary N) is 1. The van der Waals surface area contributed by atoms with E-state index in [2.05, 4.69) is 9.97 Å². The van der Waals surface area contributed by atoms with Crippen molar-refractivity contribution in [3.63, 3.8) is 0 Å². The second kappa shape index (κ2) is 4.05. The summed E-state index contributed by atoms with van der Waals surface area (Å²) < 4.78 is 5.74. The van der Waals surface area contributed by atoms with E-state index in [1.165, 1.54) is 6.33 Å². The first-order valence-electron chi connectivity index (χ1n) is 5.66. The van der Waals surface area contributed by atoms with Gasteiger partial charge in [-0.3, -0.25) is 0 Å². The lowest BCUT2D eigenvalue weighted by Gasteiger charge is -2.06. The third-order valence-corrected chi connectivity index (χ3v) is 2.65. The van der Waals surface area contributed by atoms with Crippen molar-refractivity contribution < 1.29 is 4.74 Å². The quantitative estimate of drug-likeness (QED) is 0.873. The van der Waals surface area contributed by atoms with Crippen molar-refractivity contribution >= 4 is 5.82 Å². The molecule has 0 saturated heterocycles. The zero-order valence-electron chi connectivity index (χ0n) is 9.34. The molecule has 4 heteroatoms. The Hall–Kier alpha value is -2.10. The molecule has 1 aromatic heterocycles. The fourth-order valence-corrected chi connectivity index (χ4v) is 1.64. The van der Waals surface area contributed by atoms with Gasteiger partial charge in [-0.2, -0.15) is 0 Å². The van der Waals surface area contributed by atoms with Crippen LogP contribution >= 0.6 is 0 Å². The summed E-state index contributed by atoms with van der Waals surface area (Å²) in [4.78, 5) is 8.08. The summed E-state index contributed by atoms with van der Waals surface area (Å²) in [6, 6.07) is 9.66.